The van der Waals surface area contributed by atoms with Crippen LogP contribution in [-0.4, -0.2) is 24.2 Å². The lowest BCUT2D eigenvalue weighted by atomic mass is 9.93. The standard InChI is InChI=1S/C17H33NO2/c1-4-6-8-10-16-12-15(18-14(3)19)13-17(20-16)11-9-7-5-2/h15-17H,4-13H2,1-3H3,(H,18,19)/t15?,16-,17+. The fraction of sp³-hybridized carbons (Fsp3) is 0.941. The van der Waals surface area contributed by atoms with Crippen LogP contribution in [0, 0.1) is 0 Å². The Morgan fingerprint density at radius 3 is 1.90 bits per heavy atom. The zero-order chi connectivity index (χ0) is 14.8. The molecular formula is C17H33NO2. The molecule has 0 aromatic heterocycles. The Labute approximate surface area is 124 Å². The van der Waals surface area contributed by atoms with Gasteiger partial charge < -0.3 is 10.1 Å². The molecule has 3 heteroatoms. The fourth-order valence-electron chi connectivity index (χ4n) is 3.14. The van der Waals surface area contributed by atoms with Gasteiger partial charge in [0.2, 0.25) is 5.91 Å². The number of carbonyl (C=O) groups excluding carboxylic acids is 1. The van der Waals surface area contributed by atoms with Crippen molar-refractivity contribution < 1.29 is 9.53 Å². The highest BCUT2D eigenvalue weighted by molar-refractivity contribution is 5.73. The monoisotopic (exact) mass is 283 g/mol. The lowest BCUT2D eigenvalue weighted by Crippen LogP contribution is -2.44. The highest BCUT2D eigenvalue weighted by Crippen LogP contribution is 2.26. The van der Waals surface area contributed by atoms with E-state index in [-0.39, 0.29) is 5.91 Å². The van der Waals surface area contributed by atoms with Crippen LogP contribution in [0.15, 0.2) is 0 Å². The first-order valence-electron chi connectivity index (χ1n) is 8.58. The third kappa shape index (κ3) is 7.28. The molecule has 0 aliphatic carbocycles. The maximum atomic E-state index is 11.3. The maximum Gasteiger partial charge on any atom is 0.217 e. The van der Waals surface area contributed by atoms with E-state index < -0.39 is 0 Å². The first kappa shape index (κ1) is 17.5. The zero-order valence-electron chi connectivity index (χ0n) is 13.6. The van der Waals surface area contributed by atoms with Crippen LogP contribution in [0.1, 0.15) is 85.0 Å². The number of carbonyl (C=O) groups is 1. The summed E-state index contributed by atoms with van der Waals surface area (Å²) in [5.41, 5.74) is 0. The third-order valence-corrected chi connectivity index (χ3v) is 4.15. The van der Waals surface area contributed by atoms with Crippen molar-refractivity contribution in [1.29, 1.82) is 0 Å². The third-order valence-electron chi connectivity index (χ3n) is 4.15. The molecule has 118 valence electrons. The van der Waals surface area contributed by atoms with E-state index in [2.05, 4.69) is 19.2 Å². The molecule has 1 fully saturated rings. The van der Waals surface area contributed by atoms with Crippen molar-refractivity contribution in [1.82, 2.24) is 5.32 Å². The minimum Gasteiger partial charge on any atom is -0.375 e. The van der Waals surface area contributed by atoms with Gasteiger partial charge in [-0.15, -0.1) is 0 Å². The molecule has 3 atom stereocenters. The van der Waals surface area contributed by atoms with E-state index in [0.29, 0.717) is 18.2 Å². The molecule has 1 rings (SSSR count). The molecule has 0 saturated carbocycles. The molecule has 1 N–H and O–H groups in total. The van der Waals surface area contributed by atoms with Crippen LogP contribution in [0.5, 0.6) is 0 Å². The van der Waals surface area contributed by atoms with Crippen molar-refractivity contribution in [3.05, 3.63) is 0 Å². The molecule has 0 bridgehead atoms. The van der Waals surface area contributed by atoms with E-state index in [4.69, 9.17) is 4.74 Å². The summed E-state index contributed by atoms with van der Waals surface area (Å²) in [6.07, 6.45) is 12.5. The molecule has 3 nitrogen and oxygen atoms in total. The maximum absolute atomic E-state index is 11.3. The minimum atomic E-state index is 0.0940. The molecule has 1 saturated heterocycles. The van der Waals surface area contributed by atoms with E-state index in [1.165, 1.54) is 38.5 Å². The minimum absolute atomic E-state index is 0.0940. The largest absolute Gasteiger partial charge is 0.375 e. The summed E-state index contributed by atoms with van der Waals surface area (Å²) in [7, 11) is 0. The lowest BCUT2D eigenvalue weighted by molar-refractivity contribution is -0.122. The Morgan fingerprint density at radius 2 is 1.50 bits per heavy atom. The zero-order valence-corrected chi connectivity index (χ0v) is 13.6. The van der Waals surface area contributed by atoms with Crippen molar-refractivity contribution in [3.8, 4) is 0 Å². The summed E-state index contributed by atoms with van der Waals surface area (Å²) >= 11 is 0. The summed E-state index contributed by atoms with van der Waals surface area (Å²) in [5, 5.41) is 3.10. The Bertz CT molecular complexity index is 250. The predicted molar refractivity (Wildman–Crippen MR) is 83.8 cm³/mol. The highest BCUT2D eigenvalue weighted by atomic mass is 16.5. The van der Waals surface area contributed by atoms with Gasteiger partial charge in [0.25, 0.3) is 0 Å². The molecule has 1 aliphatic heterocycles. The van der Waals surface area contributed by atoms with E-state index >= 15 is 0 Å². The van der Waals surface area contributed by atoms with Gasteiger partial charge in [-0.2, -0.15) is 0 Å². The lowest BCUT2D eigenvalue weighted by Gasteiger charge is -2.36. The van der Waals surface area contributed by atoms with Crippen molar-refractivity contribution >= 4 is 5.91 Å². The summed E-state index contributed by atoms with van der Waals surface area (Å²) in [4.78, 5) is 11.3. The number of unbranched alkanes of at least 4 members (excludes halogenated alkanes) is 4. The molecule has 1 amide bonds. The van der Waals surface area contributed by atoms with E-state index in [9.17, 15) is 4.79 Å². The number of hydrogen-bond donors (Lipinski definition) is 1. The number of hydrogen-bond acceptors (Lipinski definition) is 2. The average Bonchev–Trinajstić information content (AvgIpc) is 2.38. The van der Waals surface area contributed by atoms with Crippen LogP contribution < -0.4 is 5.32 Å². The summed E-state index contributed by atoms with van der Waals surface area (Å²) in [6.45, 7) is 6.08. The van der Waals surface area contributed by atoms with Crippen LogP contribution in [0.2, 0.25) is 0 Å². The Kier molecular flexibility index (Phi) is 8.92. The normalized spacial score (nSPS) is 26.4. The molecule has 0 aromatic rings. The van der Waals surface area contributed by atoms with Crippen molar-refractivity contribution in [3.63, 3.8) is 0 Å². The molecule has 0 aromatic carbocycles. The Hall–Kier alpha value is -0.570. The van der Waals surface area contributed by atoms with Gasteiger partial charge >= 0.3 is 0 Å². The molecule has 20 heavy (non-hydrogen) atoms. The van der Waals surface area contributed by atoms with Gasteiger partial charge in [0.15, 0.2) is 0 Å². The predicted octanol–water partition coefficient (Wildman–Crippen LogP) is 4.20. The van der Waals surface area contributed by atoms with E-state index in [1.807, 2.05) is 0 Å². The van der Waals surface area contributed by atoms with Crippen LogP contribution in [0.4, 0.5) is 0 Å². The Morgan fingerprint density at radius 1 is 1.00 bits per heavy atom. The first-order valence-corrected chi connectivity index (χ1v) is 8.58. The van der Waals surface area contributed by atoms with Gasteiger partial charge in [-0.05, 0) is 25.7 Å². The van der Waals surface area contributed by atoms with Gasteiger partial charge in [-0.3, -0.25) is 4.79 Å². The second-order valence-electron chi connectivity index (χ2n) is 6.24. The Balaban J connectivity index is 2.41. The number of nitrogens with one attached hydrogen (secondary N) is 1. The van der Waals surface area contributed by atoms with Gasteiger partial charge in [0.05, 0.1) is 12.2 Å². The molecule has 1 unspecified atom stereocenters. The second kappa shape index (κ2) is 10.2. The first-order chi connectivity index (χ1) is 9.65. The van der Waals surface area contributed by atoms with Crippen LogP contribution >= 0.6 is 0 Å². The number of amides is 1. The average molecular weight is 283 g/mol. The van der Waals surface area contributed by atoms with Crippen molar-refractivity contribution in [2.75, 3.05) is 0 Å². The number of ether oxygens (including phenoxy) is 1. The summed E-state index contributed by atoms with van der Waals surface area (Å²) in [6, 6.07) is 0.319. The van der Waals surface area contributed by atoms with Gasteiger partial charge in [-0.25, -0.2) is 0 Å². The fourth-order valence-corrected chi connectivity index (χ4v) is 3.14. The molecule has 1 heterocycles. The smallest absolute Gasteiger partial charge is 0.217 e. The second-order valence-corrected chi connectivity index (χ2v) is 6.24. The molecule has 1 aliphatic rings. The molecular weight excluding hydrogens is 250 g/mol. The summed E-state index contributed by atoms with van der Waals surface area (Å²) in [5.74, 6) is 0.0940. The van der Waals surface area contributed by atoms with Gasteiger partial charge in [0.1, 0.15) is 0 Å². The summed E-state index contributed by atoms with van der Waals surface area (Å²) < 4.78 is 6.24. The van der Waals surface area contributed by atoms with Gasteiger partial charge in [0, 0.05) is 13.0 Å². The number of rotatable bonds is 9. The quantitative estimate of drug-likeness (QED) is 0.644. The van der Waals surface area contributed by atoms with Gasteiger partial charge in [-0.1, -0.05) is 52.4 Å². The highest BCUT2D eigenvalue weighted by Gasteiger charge is 2.29. The van der Waals surface area contributed by atoms with Crippen LogP contribution in [-0.2, 0) is 9.53 Å². The topological polar surface area (TPSA) is 38.3 Å². The van der Waals surface area contributed by atoms with E-state index in [1.54, 1.807) is 6.92 Å². The van der Waals surface area contributed by atoms with Crippen molar-refractivity contribution in [2.45, 2.75) is 103 Å². The van der Waals surface area contributed by atoms with Crippen LogP contribution in [0.3, 0.4) is 0 Å². The van der Waals surface area contributed by atoms with Crippen molar-refractivity contribution in [2.24, 2.45) is 0 Å². The molecule has 0 radical (unpaired) electrons. The van der Waals surface area contributed by atoms with Crippen LogP contribution in [0.25, 0.3) is 0 Å². The SMILES string of the molecule is CCCCC[C@@H]1CC(NC(C)=O)C[C@H](CCCCC)O1. The van der Waals surface area contributed by atoms with E-state index in [0.717, 1.165) is 25.7 Å². The molecule has 0 spiro atoms.